The van der Waals surface area contributed by atoms with E-state index in [0.717, 1.165) is 0 Å². The first-order valence-electron chi connectivity index (χ1n) is 3.76. The fourth-order valence-corrected chi connectivity index (χ4v) is 1.59. The topological polar surface area (TPSA) is 63.2 Å². The van der Waals surface area contributed by atoms with Crippen molar-refractivity contribution in [3.8, 4) is 0 Å². The summed E-state index contributed by atoms with van der Waals surface area (Å²) >= 11 is 0. The fourth-order valence-electron chi connectivity index (χ4n) is 0.810. The van der Waals surface area contributed by atoms with Crippen LogP contribution in [-0.2, 0) is 14.6 Å². The summed E-state index contributed by atoms with van der Waals surface area (Å²) < 4.78 is 21.4. The zero-order chi connectivity index (χ0) is 9.78. The molecular weight excluding hydrogens is 178 g/mol. The number of sulfone groups is 1. The highest BCUT2D eigenvalue weighted by Gasteiger charge is 2.07. The standard InChI is InChI=1S/C7H15NO3S/c1-6(8-7(2)9)4-5-12(3,10)11/h6H,4-5H2,1-3H3,(H,8,9). The summed E-state index contributed by atoms with van der Waals surface area (Å²) in [6.45, 7) is 3.20. The molecule has 0 aliphatic carbocycles. The molecule has 0 aromatic rings. The Kier molecular flexibility index (Phi) is 4.23. The minimum atomic E-state index is -2.91. The van der Waals surface area contributed by atoms with Gasteiger partial charge in [-0.3, -0.25) is 4.79 Å². The van der Waals surface area contributed by atoms with Crippen LogP contribution in [0.5, 0.6) is 0 Å². The van der Waals surface area contributed by atoms with E-state index in [0.29, 0.717) is 6.42 Å². The lowest BCUT2D eigenvalue weighted by Crippen LogP contribution is -2.31. The monoisotopic (exact) mass is 193 g/mol. The predicted octanol–water partition coefficient (Wildman–Crippen LogP) is -0.0543. The van der Waals surface area contributed by atoms with Gasteiger partial charge in [-0.2, -0.15) is 0 Å². The summed E-state index contributed by atoms with van der Waals surface area (Å²) in [5, 5.41) is 2.61. The van der Waals surface area contributed by atoms with Gasteiger partial charge in [0.05, 0.1) is 5.75 Å². The third-order valence-electron chi connectivity index (χ3n) is 1.37. The van der Waals surface area contributed by atoms with Crippen molar-refractivity contribution in [2.24, 2.45) is 0 Å². The number of nitrogens with one attached hydrogen (secondary N) is 1. The maximum absolute atomic E-state index is 10.7. The second-order valence-electron chi connectivity index (χ2n) is 3.02. The summed E-state index contributed by atoms with van der Waals surface area (Å²) in [6, 6.07) is -0.0720. The van der Waals surface area contributed by atoms with Gasteiger partial charge in [-0.25, -0.2) is 8.42 Å². The van der Waals surface area contributed by atoms with Gasteiger partial charge >= 0.3 is 0 Å². The van der Waals surface area contributed by atoms with Gasteiger partial charge < -0.3 is 5.32 Å². The molecule has 12 heavy (non-hydrogen) atoms. The molecule has 0 fully saturated rings. The molecule has 1 atom stereocenters. The molecule has 0 rings (SSSR count). The van der Waals surface area contributed by atoms with Crippen molar-refractivity contribution >= 4 is 15.7 Å². The van der Waals surface area contributed by atoms with Crippen molar-refractivity contribution in [3.63, 3.8) is 0 Å². The number of amides is 1. The van der Waals surface area contributed by atoms with Crippen molar-refractivity contribution in [2.75, 3.05) is 12.0 Å². The Morgan fingerprint density at radius 2 is 2.00 bits per heavy atom. The molecule has 0 aliphatic rings. The zero-order valence-electron chi connectivity index (χ0n) is 7.62. The minimum Gasteiger partial charge on any atom is -0.354 e. The maximum Gasteiger partial charge on any atom is 0.217 e. The minimum absolute atomic E-state index is 0.0720. The van der Waals surface area contributed by atoms with Crippen LogP contribution >= 0.6 is 0 Å². The van der Waals surface area contributed by atoms with E-state index in [4.69, 9.17) is 0 Å². The van der Waals surface area contributed by atoms with Gasteiger partial charge in [0.1, 0.15) is 9.84 Å². The molecule has 0 saturated carbocycles. The molecule has 0 radical (unpaired) electrons. The largest absolute Gasteiger partial charge is 0.354 e. The van der Waals surface area contributed by atoms with Gasteiger partial charge in [0.25, 0.3) is 0 Å². The Labute approximate surface area is 73.3 Å². The Morgan fingerprint density at radius 1 is 1.50 bits per heavy atom. The first-order valence-corrected chi connectivity index (χ1v) is 5.82. The van der Waals surface area contributed by atoms with E-state index in [2.05, 4.69) is 5.32 Å². The lowest BCUT2D eigenvalue weighted by Gasteiger charge is -2.10. The van der Waals surface area contributed by atoms with Crippen molar-refractivity contribution in [1.29, 1.82) is 0 Å². The van der Waals surface area contributed by atoms with Gasteiger partial charge in [-0.1, -0.05) is 0 Å². The molecule has 0 heterocycles. The van der Waals surface area contributed by atoms with Gasteiger partial charge in [0, 0.05) is 19.2 Å². The van der Waals surface area contributed by atoms with Crippen LogP contribution in [0.1, 0.15) is 20.3 Å². The molecule has 0 aliphatic heterocycles. The van der Waals surface area contributed by atoms with Crippen LogP contribution in [0.3, 0.4) is 0 Å². The second kappa shape index (κ2) is 4.45. The average Bonchev–Trinajstić information content (AvgIpc) is 1.80. The molecule has 72 valence electrons. The first kappa shape index (κ1) is 11.4. The number of hydrogen-bond donors (Lipinski definition) is 1. The van der Waals surface area contributed by atoms with Gasteiger partial charge in [0.2, 0.25) is 5.91 Å². The van der Waals surface area contributed by atoms with E-state index in [9.17, 15) is 13.2 Å². The molecule has 0 aromatic carbocycles. The van der Waals surface area contributed by atoms with Crippen molar-refractivity contribution < 1.29 is 13.2 Å². The normalized spacial score (nSPS) is 13.9. The van der Waals surface area contributed by atoms with Crippen LogP contribution in [0.25, 0.3) is 0 Å². The van der Waals surface area contributed by atoms with Crippen molar-refractivity contribution in [2.45, 2.75) is 26.3 Å². The molecule has 0 saturated heterocycles. The van der Waals surface area contributed by atoms with E-state index in [-0.39, 0.29) is 17.7 Å². The predicted molar refractivity (Wildman–Crippen MR) is 47.6 cm³/mol. The molecule has 0 aromatic heterocycles. The highest BCUT2D eigenvalue weighted by molar-refractivity contribution is 7.90. The quantitative estimate of drug-likeness (QED) is 0.680. The van der Waals surface area contributed by atoms with E-state index in [1.54, 1.807) is 6.92 Å². The van der Waals surface area contributed by atoms with Crippen LogP contribution in [-0.4, -0.2) is 32.4 Å². The van der Waals surface area contributed by atoms with Gasteiger partial charge in [-0.15, -0.1) is 0 Å². The molecule has 5 heteroatoms. The first-order chi connectivity index (χ1) is 5.31. The van der Waals surface area contributed by atoms with Crippen LogP contribution in [0, 0.1) is 0 Å². The summed E-state index contributed by atoms with van der Waals surface area (Å²) in [5.74, 6) is -0.00921. The van der Waals surface area contributed by atoms with E-state index < -0.39 is 9.84 Å². The molecule has 1 amide bonds. The van der Waals surface area contributed by atoms with E-state index in [1.165, 1.54) is 13.2 Å². The summed E-state index contributed by atoms with van der Waals surface area (Å²) in [7, 11) is -2.91. The fraction of sp³-hybridized carbons (Fsp3) is 0.857. The Morgan fingerprint density at radius 3 is 2.33 bits per heavy atom. The van der Waals surface area contributed by atoms with Crippen LogP contribution in [0.4, 0.5) is 0 Å². The van der Waals surface area contributed by atoms with Crippen LogP contribution < -0.4 is 5.32 Å². The van der Waals surface area contributed by atoms with Crippen molar-refractivity contribution in [1.82, 2.24) is 5.32 Å². The Bertz CT molecular complexity index is 245. The van der Waals surface area contributed by atoms with Gasteiger partial charge in [0.15, 0.2) is 0 Å². The summed E-state index contributed by atoms with van der Waals surface area (Å²) in [5.41, 5.74) is 0. The zero-order valence-corrected chi connectivity index (χ0v) is 8.44. The molecule has 0 bridgehead atoms. The second-order valence-corrected chi connectivity index (χ2v) is 5.28. The highest BCUT2D eigenvalue weighted by Crippen LogP contribution is 1.94. The molecule has 1 unspecified atom stereocenters. The van der Waals surface area contributed by atoms with E-state index >= 15 is 0 Å². The maximum atomic E-state index is 10.7. The lowest BCUT2D eigenvalue weighted by atomic mass is 10.2. The number of carbonyl (C=O) groups excluding carboxylic acids is 1. The Balaban J connectivity index is 3.72. The molecule has 4 nitrogen and oxygen atoms in total. The third-order valence-corrected chi connectivity index (χ3v) is 2.35. The number of carbonyl (C=O) groups is 1. The van der Waals surface area contributed by atoms with E-state index in [1.807, 2.05) is 0 Å². The number of hydrogen-bond acceptors (Lipinski definition) is 3. The summed E-state index contributed by atoms with van der Waals surface area (Å²) in [4.78, 5) is 10.5. The Hall–Kier alpha value is -0.580. The number of rotatable bonds is 4. The van der Waals surface area contributed by atoms with Crippen molar-refractivity contribution in [3.05, 3.63) is 0 Å². The lowest BCUT2D eigenvalue weighted by molar-refractivity contribution is -0.119. The smallest absolute Gasteiger partial charge is 0.217 e. The summed E-state index contributed by atoms with van der Waals surface area (Å²) in [6.07, 6.45) is 1.66. The average molecular weight is 193 g/mol. The van der Waals surface area contributed by atoms with Crippen LogP contribution in [0.2, 0.25) is 0 Å². The van der Waals surface area contributed by atoms with Crippen LogP contribution in [0.15, 0.2) is 0 Å². The van der Waals surface area contributed by atoms with Gasteiger partial charge in [-0.05, 0) is 13.3 Å². The third kappa shape index (κ3) is 7.53. The molecule has 1 N–H and O–H groups in total. The SMILES string of the molecule is CC(=O)NC(C)CCS(C)(=O)=O. The molecular formula is C7H15NO3S. The highest BCUT2D eigenvalue weighted by atomic mass is 32.2. The molecule has 0 spiro atoms.